The molecule has 3 rings (SSSR count). The highest BCUT2D eigenvalue weighted by molar-refractivity contribution is 8.00. The van der Waals surface area contributed by atoms with Crippen molar-refractivity contribution in [2.75, 3.05) is 0 Å². The molecule has 0 unspecified atom stereocenters. The fourth-order valence-corrected chi connectivity index (χ4v) is 3.10. The number of benzene rings is 2. The van der Waals surface area contributed by atoms with Gasteiger partial charge in [0.15, 0.2) is 5.78 Å². The minimum Gasteiger partial charge on any atom is -0.293 e. The minimum absolute atomic E-state index is 0.0278. The van der Waals surface area contributed by atoms with Gasteiger partial charge in [0.05, 0.1) is 15.8 Å². The average molecular weight is 311 g/mol. The predicted octanol–water partition coefficient (Wildman–Crippen LogP) is 4.74. The molecule has 1 atom stereocenters. The third kappa shape index (κ3) is 3.17. The van der Waals surface area contributed by atoms with E-state index < -0.39 is 0 Å². The molecule has 110 valence electrons. The average Bonchev–Trinajstić information content (AvgIpc) is 2.55. The lowest BCUT2D eigenvalue weighted by molar-refractivity contribution is 0.0994. The standard InChI is InChI=1S/C18H14FNOS/c1-12(18(21)14-6-9-15(19)10-7-14)22-17-11-8-13-4-2-3-5-16(13)20-17/h2-12H,1H3/t12-/m1/s1. The second kappa shape index (κ2) is 6.28. The van der Waals surface area contributed by atoms with E-state index in [0.717, 1.165) is 15.9 Å². The minimum atomic E-state index is -0.340. The van der Waals surface area contributed by atoms with Crippen LogP contribution in [0.5, 0.6) is 0 Å². The molecule has 0 aliphatic heterocycles. The van der Waals surface area contributed by atoms with Gasteiger partial charge in [-0.05, 0) is 43.3 Å². The van der Waals surface area contributed by atoms with Crippen molar-refractivity contribution in [1.29, 1.82) is 0 Å². The number of nitrogens with zero attached hydrogens (tertiary/aromatic N) is 1. The van der Waals surface area contributed by atoms with Crippen molar-refractivity contribution in [1.82, 2.24) is 4.98 Å². The van der Waals surface area contributed by atoms with Crippen LogP contribution >= 0.6 is 11.8 Å². The molecule has 0 spiro atoms. The lowest BCUT2D eigenvalue weighted by Crippen LogP contribution is -2.13. The normalized spacial score (nSPS) is 12.3. The van der Waals surface area contributed by atoms with Crippen LogP contribution in [0, 0.1) is 5.82 Å². The van der Waals surface area contributed by atoms with Crippen molar-refractivity contribution in [2.45, 2.75) is 17.2 Å². The van der Waals surface area contributed by atoms with Gasteiger partial charge in [-0.15, -0.1) is 0 Å². The SMILES string of the molecule is C[C@@H](Sc1ccc2ccccc2n1)C(=O)c1ccc(F)cc1. The number of Topliss-reactive ketones (excluding diaryl/α,β-unsaturated/α-hetero) is 1. The number of hydrogen-bond acceptors (Lipinski definition) is 3. The van der Waals surface area contributed by atoms with Gasteiger partial charge in [0.25, 0.3) is 0 Å². The first-order valence-corrected chi connectivity index (χ1v) is 7.84. The predicted molar refractivity (Wildman–Crippen MR) is 87.8 cm³/mol. The van der Waals surface area contributed by atoms with Crippen LogP contribution in [0.25, 0.3) is 10.9 Å². The molecule has 0 amide bonds. The number of aromatic nitrogens is 1. The summed E-state index contributed by atoms with van der Waals surface area (Å²) in [6.45, 7) is 1.84. The molecule has 4 heteroatoms. The van der Waals surface area contributed by atoms with Crippen LogP contribution in [0.1, 0.15) is 17.3 Å². The van der Waals surface area contributed by atoms with E-state index in [1.165, 1.54) is 36.0 Å². The van der Waals surface area contributed by atoms with E-state index in [2.05, 4.69) is 4.98 Å². The fourth-order valence-electron chi connectivity index (χ4n) is 2.20. The van der Waals surface area contributed by atoms with Crippen LogP contribution in [0.15, 0.2) is 65.7 Å². The van der Waals surface area contributed by atoms with Gasteiger partial charge in [-0.1, -0.05) is 36.0 Å². The van der Waals surface area contributed by atoms with Gasteiger partial charge in [-0.2, -0.15) is 0 Å². The zero-order valence-corrected chi connectivity index (χ0v) is 12.8. The van der Waals surface area contributed by atoms with Gasteiger partial charge in [0, 0.05) is 10.9 Å². The molecular weight excluding hydrogens is 297 g/mol. The third-order valence-electron chi connectivity index (χ3n) is 3.37. The summed E-state index contributed by atoms with van der Waals surface area (Å²) in [5, 5.41) is 1.60. The Labute approximate surface area is 132 Å². The number of hydrogen-bond donors (Lipinski definition) is 0. The molecule has 1 aromatic heterocycles. The van der Waals surface area contributed by atoms with Gasteiger partial charge in [0.2, 0.25) is 0 Å². The molecule has 0 saturated carbocycles. The highest BCUT2D eigenvalue weighted by Gasteiger charge is 2.17. The van der Waals surface area contributed by atoms with Gasteiger partial charge in [-0.25, -0.2) is 9.37 Å². The maximum Gasteiger partial charge on any atom is 0.175 e. The highest BCUT2D eigenvalue weighted by atomic mass is 32.2. The molecule has 0 aliphatic rings. The Balaban J connectivity index is 1.78. The van der Waals surface area contributed by atoms with Crippen LogP contribution < -0.4 is 0 Å². The van der Waals surface area contributed by atoms with Crippen molar-refractivity contribution < 1.29 is 9.18 Å². The molecule has 2 nitrogen and oxygen atoms in total. The van der Waals surface area contributed by atoms with Gasteiger partial charge >= 0.3 is 0 Å². The number of fused-ring (bicyclic) bond motifs is 1. The second-order valence-corrected chi connectivity index (χ2v) is 6.33. The Hall–Kier alpha value is -2.20. The van der Waals surface area contributed by atoms with Crippen molar-refractivity contribution in [3.05, 3.63) is 72.0 Å². The van der Waals surface area contributed by atoms with E-state index in [4.69, 9.17) is 0 Å². The molecule has 22 heavy (non-hydrogen) atoms. The summed E-state index contributed by atoms with van der Waals surface area (Å²) in [7, 11) is 0. The Morgan fingerprint density at radius 2 is 1.77 bits per heavy atom. The number of carbonyl (C=O) groups is 1. The smallest absolute Gasteiger partial charge is 0.175 e. The molecule has 2 aromatic carbocycles. The van der Waals surface area contributed by atoms with Gasteiger partial charge in [-0.3, -0.25) is 4.79 Å². The summed E-state index contributed by atoms with van der Waals surface area (Å²) in [5.41, 5.74) is 1.43. The second-order valence-electron chi connectivity index (χ2n) is 4.97. The number of halogens is 1. The van der Waals surface area contributed by atoms with E-state index >= 15 is 0 Å². The molecular formula is C18H14FNOS. The highest BCUT2D eigenvalue weighted by Crippen LogP contribution is 2.26. The molecule has 3 aromatic rings. The molecule has 0 bridgehead atoms. The maximum absolute atomic E-state index is 12.9. The Morgan fingerprint density at radius 1 is 1.05 bits per heavy atom. The lowest BCUT2D eigenvalue weighted by atomic mass is 10.1. The molecule has 0 saturated heterocycles. The molecule has 0 fully saturated rings. The maximum atomic E-state index is 12.9. The molecule has 0 aliphatic carbocycles. The zero-order chi connectivity index (χ0) is 15.5. The fraction of sp³-hybridized carbons (Fsp3) is 0.111. The van der Waals surface area contributed by atoms with Crippen LogP contribution in [0.3, 0.4) is 0 Å². The Bertz CT molecular complexity index is 817. The Kier molecular flexibility index (Phi) is 4.20. The number of thioether (sulfide) groups is 1. The summed E-state index contributed by atoms with van der Waals surface area (Å²) in [6.07, 6.45) is 0. The van der Waals surface area contributed by atoms with E-state index in [1.807, 2.05) is 43.3 Å². The number of carbonyl (C=O) groups excluding carboxylic acids is 1. The largest absolute Gasteiger partial charge is 0.293 e. The summed E-state index contributed by atoms with van der Waals surface area (Å²) in [5.74, 6) is -0.368. The topological polar surface area (TPSA) is 30.0 Å². The van der Waals surface area contributed by atoms with E-state index in [1.54, 1.807) is 0 Å². The van der Waals surface area contributed by atoms with Gasteiger partial charge < -0.3 is 0 Å². The quantitative estimate of drug-likeness (QED) is 0.515. The van der Waals surface area contributed by atoms with Gasteiger partial charge in [0.1, 0.15) is 5.82 Å². The number of pyridine rings is 1. The monoisotopic (exact) mass is 311 g/mol. The summed E-state index contributed by atoms with van der Waals surface area (Å²) in [4.78, 5) is 16.9. The van der Waals surface area contributed by atoms with Crippen LogP contribution in [0.4, 0.5) is 4.39 Å². The number of rotatable bonds is 4. The van der Waals surface area contributed by atoms with Crippen molar-refractivity contribution in [3.63, 3.8) is 0 Å². The van der Waals surface area contributed by atoms with Crippen LogP contribution in [-0.4, -0.2) is 16.0 Å². The first-order valence-electron chi connectivity index (χ1n) is 6.96. The van der Waals surface area contributed by atoms with Crippen LogP contribution in [0.2, 0.25) is 0 Å². The third-order valence-corrected chi connectivity index (χ3v) is 4.40. The van der Waals surface area contributed by atoms with E-state index in [-0.39, 0.29) is 16.9 Å². The zero-order valence-electron chi connectivity index (χ0n) is 12.0. The lowest BCUT2D eigenvalue weighted by Gasteiger charge is -2.10. The van der Waals surface area contributed by atoms with Crippen molar-refractivity contribution in [2.24, 2.45) is 0 Å². The van der Waals surface area contributed by atoms with E-state index in [0.29, 0.717) is 5.56 Å². The van der Waals surface area contributed by atoms with Crippen LogP contribution in [-0.2, 0) is 0 Å². The van der Waals surface area contributed by atoms with Crippen molar-refractivity contribution >= 4 is 28.4 Å². The number of ketones is 1. The Morgan fingerprint density at radius 3 is 2.55 bits per heavy atom. The van der Waals surface area contributed by atoms with Crippen molar-refractivity contribution in [3.8, 4) is 0 Å². The summed E-state index contributed by atoms with van der Waals surface area (Å²) < 4.78 is 12.9. The summed E-state index contributed by atoms with van der Waals surface area (Å²) >= 11 is 1.41. The molecule has 0 radical (unpaired) electrons. The summed E-state index contributed by atoms with van der Waals surface area (Å²) in [6, 6.07) is 17.4. The first-order chi connectivity index (χ1) is 10.6. The number of para-hydroxylation sites is 1. The molecule has 0 N–H and O–H groups in total. The first kappa shape index (κ1) is 14.7. The molecule has 1 heterocycles. The van der Waals surface area contributed by atoms with E-state index in [9.17, 15) is 9.18 Å².